The standard InChI is InChI=1S/C6H12O/c1-2-6-3-4-7-5-6/h6H,2-5H2,1H3. The number of hydrogen-bond acceptors (Lipinski definition) is 1. The van der Waals surface area contributed by atoms with Gasteiger partial charge in [-0.15, -0.1) is 0 Å². The maximum atomic E-state index is 5.15. The third-order valence-electron chi connectivity index (χ3n) is 1.60. The summed E-state index contributed by atoms with van der Waals surface area (Å²) in [7, 11) is 0. The quantitative estimate of drug-likeness (QED) is 0.484. The Kier molecular flexibility index (Phi) is 1.69. The van der Waals surface area contributed by atoms with Gasteiger partial charge in [0.2, 0.25) is 0 Å². The molecule has 1 aliphatic rings. The fourth-order valence-corrected chi connectivity index (χ4v) is 0.905. The second-order valence-electron chi connectivity index (χ2n) is 2.14. The van der Waals surface area contributed by atoms with Gasteiger partial charge in [-0.3, -0.25) is 0 Å². The molecule has 0 aromatic heterocycles. The van der Waals surface area contributed by atoms with Gasteiger partial charge < -0.3 is 4.74 Å². The molecule has 1 aliphatic heterocycles. The molecule has 0 spiro atoms. The molecule has 1 fully saturated rings. The Labute approximate surface area is 44.7 Å². The molecule has 1 atom stereocenters. The van der Waals surface area contributed by atoms with E-state index in [2.05, 4.69) is 6.92 Å². The Morgan fingerprint density at radius 3 is 2.86 bits per heavy atom. The van der Waals surface area contributed by atoms with Gasteiger partial charge in [0.1, 0.15) is 0 Å². The van der Waals surface area contributed by atoms with E-state index < -0.39 is 0 Å². The molecule has 42 valence electrons. The molecule has 0 radical (unpaired) electrons. The van der Waals surface area contributed by atoms with Crippen LogP contribution in [0.5, 0.6) is 0 Å². The van der Waals surface area contributed by atoms with Crippen LogP contribution in [0.1, 0.15) is 19.8 Å². The van der Waals surface area contributed by atoms with Crippen LogP contribution in [-0.4, -0.2) is 13.2 Å². The maximum absolute atomic E-state index is 5.15. The molecule has 1 saturated heterocycles. The summed E-state index contributed by atoms with van der Waals surface area (Å²) in [6.45, 7) is 4.23. The molecule has 7 heavy (non-hydrogen) atoms. The summed E-state index contributed by atoms with van der Waals surface area (Å²) in [5, 5.41) is 0. The van der Waals surface area contributed by atoms with Crippen LogP contribution in [0.15, 0.2) is 0 Å². The van der Waals surface area contributed by atoms with Gasteiger partial charge in [0.15, 0.2) is 0 Å². The average molecular weight is 100 g/mol. The van der Waals surface area contributed by atoms with Crippen molar-refractivity contribution in [3.8, 4) is 0 Å². The van der Waals surface area contributed by atoms with Crippen LogP contribution >= 0.6 is 0 Å². The average Bonchev–Trinajstić information content (AvgIpc) is 2.14. The van der Waals surface area contributed by atoms with Crippen molar-refractivity contribution in [2.75, 3.05) is 13.2 Å². The minimum absolute atomic E-state index is 0.875. The van der Waals surface area contributed by atoms with Crippen molar-refractivity contribution in [2.45, 2.75) is 19.8 Å². The van der Waals surface area contributed by atoms with Gasteiger partial charge in [0.05, 0.1) is 0 Å². The van der Waals surface area contributed by atoms with Crippen LogP contribution in [0.3, 0.4) is 0 Å². The zero-order valence-electron chi connectivity index (χ0n) is 4.81. The van der Waals surface area contributed by atoms with Crippen molar-refractivity contribution >= 4 is 0 Å². The highest BCUT2D eigenvalue weighted by Gasteiger charge is 2.11. The van der Waals surface area contributed by atoms with Gasteiger partial charge in [-0.25, -0.2) is 0 Å². The Morgan fingerprint density at radius 1 is 1.71 bits per heavy atom. The Hall–Kier alpha value is -0.0400. The lowest BCUT2D eigenvalue weighted by molar-refractivity contribution is 0.185. The molecule has 1 unspecified atom stereocenters. The van der Waals surface area contributed by atoms with Crippen molar-refractivity contribution in [1.29, 1.82) is 0 Å². The van der Waals surface area contributed by atoms with E-state index in [1.54, 1.807) is 0 Å². The molecule has 1 nitrogen and oxygen atoms in total. The van der Waals surface area contributed by atoms with E-state index in [-0.39, 0.29) is 0 Å². The van der Waals surface area contributed by atoms with Crippen LogP contribution in [0.4, 0.5) is 0 Å². The smallest absolute Gasteiger partial charge is 0.0495 e. The van der Waals surface area contributed by atoms with Crippen molar-refractivity contribution in [2.24, 2.45) is 5.92 Å². The topological polar surface area (TPSA) is 9.23 Å². The second-order valence-corrected chi connectivity index (χ2v) is 2.14. The van der Waals surface area contributed by atoms with Crippen molar-refractivity contribution in [1.82, 2.24) is 0 Å². The molecule has 1 heterocycles. The molecule has 0 amide bonds. The highest BCUT2D eigenvalue weighted by atomic mass is 16.5. The second kappa shape index (κ2) is 2.31. The van der Waals surface area contributed by atoms with E-state index in [4.69, 9.17) is 4.74 Å². The summed E-state index contributed by atoms with van der Waals surface area (Å²) < 4.78 is 5.15. The Morgan fingerprint density at radius 2 is 2.57 bits per heavy atom. The van der Waals surface area contributed by atoms with E-state index in [0.717, 1.165) is 19.1 Å². The third kappa shape index (κ3) is 1.16. The van der Waals surface area contributed by atoms with Crippen molar-refractivity contribution in [3.05, 3.63) is 0 Å². The first-order valence-electron chi connectivity index (χ1n) is 3.01. The lowest BCUT2D eigenvalue weighted by Crippen LogP contribution is -1.94. The highest BCUT2D eigenvalue weighted by molar-refractivity contribution is 4.60. The van der Waals surface area contributed by atoms with E-state index in [1.807, 2.05) is 0 Å². The first kappa shape index (κ1) is 5.10. The summed E-state index contributed by atoms with van der Waals surface area (Å²) in [4.78, 5) is 0. The number of ether oxygens (including phenoxy) is 1. The minimum Gasteiger partial charge on any atom is -0.381 e. The van der Waals surface area contributed by atoms with Crippen LogP contribution in [0.25, 0.3) is 0 Å². The maximum Gasteiger partial charge on any atom is 0.0495 e. The predicted octanol–water partition coefficient (Wildman–Crippen LogP) is 1.43. The van der Waals surface area contributed by atoms with Crippen LogP contribution in [0, 0.1) is 5.92 Å². The van der Waals surface area contributed by atoms with Crippen LogP contribution in [0.2, 0.25) is 0 Å². The number of rotatable bonds is 1. The molecule has 0 bridgehead atoms. The minimum atomic E-state index is 0.875. The van der Waals surface area contributed by atoms with Gasteiger partial charge in [-0.1, -0.05) is 13.3 Å². The monoisotopic (exact) mass is 100 g/mol. The van der Waals surface area contributed by atoms with Gasteiger partial charge >= 0.3 is 0 Å². The molecular weight excluding hydrogens is 88.1 g/mol. The molecule has 1 rings (SSSR count). The third-order valence-corrected chi connectivity index (χ3v) is 1.60. The first-order chi connectivity index (χ1) is 3.43. The molecule has 0 saturated carbocycles. The summed E-state index contributed by atoms with van der Waals surface area (Å²) in [6.07, 6.45) is 2.58. The van der Waals surface area contributed by atoms with Gasteiger partial charge in [-0.05, 0) is 12.3 Å². The fourth-order valence-electron chi connectivity index (χ4n) is 0.905. The molecule has 0 aromatic rings. The van der Waals surface area contributed by atoms with Gasteiger partial charge in [0, 0.05) is 13.2 Å². The predicted molar refractivity (Wildman–Crippen MR) is 29.2 cm³/mol. The summed E-state index contributed by atoms with van der Waals surface area (Å²) >= 11 is 0. The number of hydrogen-bond donors (Lipinski definition) is 0. The van der Waals surface area contributed by atoms with Crippen molar-refractivity contribution in [3.63, 3.8) is 0 Å². The molecule has 1 heteroatoms. The molecular formula is C6H12O. The lowest BCUT2D eigenvalue weighted by atomic mass is 10.1. The fraction of sp³-hybridized carbons (Fsp3) is 1.00. The Balaban J connectivity index is 2.14. The summed E-state index contributed by atoms with van der Waals surface area (Å²) in [6, 6.07) is 0. The van der Waals surface area contributed by atoms with E-state index in [1.165, 1.54) is 12.8 Å². The van der Waals surface area contributed by atoms with E-state index in [0.29, 0.717) is 0 Å². The summed E-state index contributed by atoms with van der Waals surface area (Å²) in [5.41, 5.74) is 0. The molecule has 0 aromatic carbocycles. The largest absolute Gasteiger partial charge is 0.381 e. The zero-order chi connectivity index (χ0) is 5.11. The van der Waals surface area contributed by atoms with Crippen molar-refractivity contribution < 1.29 is 4.74 Å². The van der Waals surface area contributed by atoms with E-state index in [9.17, 15) is 0 Å². The van der Waals surface area contributed by atoms with E-state index >= 15 is 0 Å². The van der Waals surface area contributed by atoms with Gasteiger partial charge in [0.25, 0.3) is 0 Å². The zero-order valence-corrected chi connectivity index (χ0v) is 4.81. The van der Waals surface area contributed by atoms with Crippen LogP contribution in [-0.2, 0) is 4.74 Å². The lowest BCUT2D eigenvalue weighted by Gasteiger charge is -1.97. The van der Waals surface area contributed by atoms with Crippen LogP contribution < -0.4 is 0 Å². The highest BCUT2D eigenvalue weighted by Crippen LogP contribution is 2.14. The SMILES string of the molecule is CCC1CCOC1. The first-order valence-corrected chi connectivity index (χ1v) is 3.01. The van der Waals surface area contributed by atoms with Gasteiger partial charge in [-0.2, -0.15) is 0 Å². The molecule has 0 N–H and O–H groups in total. The Bertz CT molecular complexity index is 46.1. The normalized spacial score (nSPS) is 31.3. The summed E-state index contributed by atoms with van der Waals surface area (Å²) in [5.74, 6) is 0.875. The molecule has 0 aliphatic carbocycles.